The first-order chi connectivity index (χ1) is 9.38. The zero-order valence-corrected chi connectivity index (χ0v) is 12.5. The zero-order chi connectivity index (χ0) is 14.9. The zero-order valence-electron chi connectivity index (χ0n) is 10.9. The molecule has 0 spiro atoms. The minimum atomic E-state index is -0.655. The Morgan fingerprint density at radius 3 is 2.70 bits per heavy atom. The van der Waals surface area contributed by atoms with Gasteiger partial charge in [0.15, 0.2) is 0 Å². The monoisotopic (exact) mass is 338 g/mol. The fraction of sp³-hybridized carbons (Fsp3) is 0.143. The lowest BCUT2D eigenvalue weighted by atomic mass is 10.1. The fourth-order valence-corrected chi connectivity index (χ4v) is 2.29. The van der Waals surface area contributed by atoms with E-state index in [1.807, 2.05) is 0 Å². The van der Waals surface area contributed by atoms with Gasteiger partial charge in [-0.1, -0.05) is 6.07 Å². The summed E-state index contributed by atoms with van der Waals surface area (Å²) in [5, 5.41) is 2.43. The molecule has 0 saturated heterocycles. The van der Waals surface area contributed by atoms with Crippen molar-refractivity contribution in [2.45, 2.75) is 6.92 Å². The van der Waals surface area contributed by atoms with Gasteiger partial charge in [-0.05, 0) is 40.5 Å². The van der Waals surface area contributed by atoms with E-state index in [-0.39, 0.29) is 16.7 Å². The predicted octanol–water partition coefficient (Wildman–Crippen LogP) is 2.85. The molecule has 2 rings (SSSR count). The van der Waals surface area contributed by atoms with Crippen molar-refractivity contribution in [2.75, 3.05) is 5.32 Å². The third kappa shape index (κ3) is 2.96. The average molecular weight is 339 g/mol. The van der Waals surface area contributed by atoms with Crippen LogP contribution in [0.2, 0.25) is 0 Å². The van der Waals surface area contributed by atoms with E-state index in [4.69, 9.17) is 0 Å². The number of rotatable bonds is 2. The Balaban J connectivity index is 2.35. The van der Waals surface area contributed by atoms with Gasteiger partial charge in [-0.15, -0.1) is 0 Å². The Hall–Kier alpha value is -1.95. The molecule has 1 aromatic heterocycles. The second-order valence-electron chi connectivity index (χ2n) is 4.45. The van der Waals surface area contributed by atoms with Gasteiger partial charge in [0.25, 0.3) is 5.91 Å². The number of hydrogen-bond acceptors (Lipinski definition) is 2. The Labute approximate surface area is 123 Å². The summed E-state index contributed by atoms with van der Waals surface area (Å²) in [7, 11) is 1.71. The standard InChI is InChI=1S/C14H12BrFN2O2/c1-8-3-4-9(11(16)5-8)14(20)17-12-7-18(2)6-10(15)13(12)19/h3-7H,1-2H3,(H,17,20). The number of carbonyl (C=O) groups is 1. The van der Waals surface area contributed by atoms with Crippen LogP contribution in [-0.2, 0) is 7.05 Å². The van der Waals surface area contributed by atoms with Crippen LogP contribution in [0.15, 0.2) is 39.9 Å². The van der Waals surface area contributed by atoms with E-state index in [0.29, 0.717) is 4.47 Å². The third-order valence-electron chi connectivity index (χ3n) is 2.73. The van der Waals surface area contributed by atoms with Gasteiger partial charge in [-0.25, -0.2) is 4.39 Å². The van der Waals surface area contributed by atoms with E-state index in [0.717, 1.165) is 5.56 Å². The molecule has 6 heteroatoms. The molecule has 0 saturated carbocycles. The van der Waals surface area contributed by atoms with Gasteiger partial charge in [0.2, 0.25) is 5.43 Å². The van der Waals surface area contributed by atoms with Crippen LogP contribution >= 0.6 is 15.9 Å². The molecule has 0 bridgehead atoms. The number of pyridine rings is 1. The molecule has 0 aliphatic heterocycles. The minimum Gasteiger partial charge on any atom is -0.354 e. The van der Waals surface area contributed by atoms with Gasteiger partial charge >= 0.3 is 0 Å². The van der Waals surface area contributed by atoms with Gasteiger partial charge in [0, 0.05) is 19.4 Å². The molecule has 0 aliphatic rings. The lowest BCUT2D eigenvalue weighted by Crippen LogP contribution is -2.21. The van der Waals surface area contributed by atoms with Crippen molar-refractivity contribution in [2.24, 2.45) is 7.05 Å². The topological polar surface area (TPSA) is 51.1 Å². The summed E-state index contributed by atoms with van der Waals surface area (Å²) in [5.74, 6) is -1.27. The smallest absolute Gasteiger partial charge is 0.258 e. The average Bonchev–Trinajstić information content (AvgIpc) is 2.35. The van der Waals surface area contributed by atoms with Gasteiger partial charge < -0.3 is 9.88 Å². The van der Waals surface area contributed by atoms with Crippen LogP contribution < -0.4 is 10.7 Å². The largest absolute Gasteiger partial charge is 0.354 e. The quantitative estimate of drug-likeness (QED) is 0.915. The highest BCUT2D eigenvalue weighted by atomic mass is 79.9. The van der Waals surface area contributed by atoms with Crippen molar-refractivity contribution < 1.29 is 9.18 Å². The molecule has 20 heavy (non-hydrogen) atoms. The second kappa shape index (κ2) is 5.58. The van der Waals surface area contributed by atoms with Gasteiger partial charge in [-0.3, -0.25) is 9.59 Å². The normalized spacial score (nSPS) is 10.4. The number of aryl methyl sites for hydroxylation is 2. The molecule has 0 atom stereocenters. The van der Waals surface area contributed by atoms with Crippen molar-refractivity contribution in [3.05, 3.63) is 62.2 Å². The van der Waals surface area contributed by atoms with Gasteiger partial charge in [0.1, 0.15) is 11.5 Å². The molecule has 0 aliphatic carbocycles. The molecular formula is C14H12BrFN2O2. The molecular weight excluding hydrogens is 327 g/mol. The first kappa shape index (κ1) is 14.5. The Kier molecular flexibility index (Phi) is 4.04. The van der Waals surface area contributed by atoms with E-state index in [1.165, 1.54) is 18.3 Å². The minimum absolute atomic E-state index is 0.0897. The van der Waals surface area contributed by atoms with Crippen LogP contribution in [0.4, 0.5) is 10.1 Å². The molecule has 104 valence electrons. The summed E-state index contributed by atoms with van der Waals surface area (Å²) in [4.78, 5) is 23.9. The first-order valence-electron chi connectivity index (χ1n) is 5.82. The van der Waals surface area contributed by atoms with Crippen molar-refractivity contribution in [3.8, 4) is 0 Å². The maximum absolute atomic E-state index is 13.7. The van der Waals surface area contributed by atoms with Crippen molar-refractivity contribution in [3.63, 3.8) is 0 Å². The highest BCUT2D eigenvalue weighted by Gasteiger charge is 2.14. The van der Waals surface area contributed by atoms with Crippen molar-refractivity contribution in [1.82, 2.24) is 4.57 Å². The van der Waals surface area contributed by atoms with E-state index in [2.05, 4.69) is 21.2 Å². The van der Waals surface area contributed by atoms with Crippen LogP contribution in [0, 0.1) is 12.7 Å². The Bertz CT molecular complexity index is 740. The van der Waals surface area contributed by atoms with E-state index >= 15 is 0 Å². The molecule has 1 aromatic carbocycles. The van der Waals surface area contributed by atoms with Crippen molar-refractivity contribution in [1.29, 1.82) is 0 Å². The summed E-state index contributed by atoms with van der Waals surface area (Å²) < 4.78 is 15.6. The van der Waals surface area contributed by atoms with Gasteiger partial charge in [-0.2, -0.15) is 0 Å². The molecule has 1 amide bonds. The maximum Gasteiger partial charge on any atom is 0.258 e. The second-order valence-corrected chi connectivity index (χ2v) is 5.31. The number of nitrogens with one attached hydrogen (secondary N) is 1. The fourth-order valence-electron chi connectivity index (χ4n) is 1.75. The summed E-state index contributed by atoms with van der Waals surface area (Å²) in [6.45, 7) is 1.73. The lowest BCUT2D eigenvalue weighted by molar-refractivity contribution is 0.102. The summed E-state index contributed by atoms with van der Waals surface area (Å²) >= 11 is 3.11. The molecule has 1 heterocycles. The number of benzene rings is 1. The molecule has 4 nitrogen and oxygen atoms in total. The summed E-state index contributed by atoms with van der Waals surface area (Å²) in [6.07, 6.45) is 3.04. The van der Waals surface area contributed by atoms with Crippen LogP contribution in [-0.4, -0.2) is 10.5 Å². The number of halogens is 2. The van der Waals surface area contributed by atoms with E-state index < -0.39 is 11.7 Å². The van der Waals surface area contributed by atoms with Crippen LogP contribution in [0.25, 0.3) is 0 Å². The van der Waals surface area contributed by atoms with Crippen LogP contribution in [0.5, 0.6) is 0 Å². The predicted molar refractivity (Wildman–Crippen MR) is 78.5 cm³/mol. The highest BCUT2D eigenvalue weighted by molar-refractivity contribution is 9.10. The Morgan fingerprint density at radius 1 is 1.35 bits per heavy atom. The number of amides is 1. The molecule has 0 unspecified atom stereocenters. The Morgan fingerprint density at radius 2 is 2.05 bits per heavy atom. The number of nitrogens with zero attached hydrogens (tertiary/aromatic N) is 1. The summed E-state index contributed by atoms with van der Waals surface area (Å²) in [5.41, 5.74) is 0.353. The number of hydrogen-bond donors (Lipinski definition) is 1. The SMILES string of the molecule is Cc1ccc(C(=O)Nc2cn(C)cc(Br)c2=O)c(F)c1. The molecule has 2 aromatic rings. The maximum atomic E-state index is 13.7. The van der Waals surface area contributed by atoms with Crippen molar-refractivity contribution >= 4 is 27.5 Å². The van der Waals surface area contributed by atoms with E-state index in [1.54, 1.807) is 30.8 Å². The number of aromatic nitrogens is 1. The molecule has 0 radical (unpaired) electrons. The van der Waals surface area contributed by atoms with Crippen LogP contribution in [0.3, 0.4) is 0 Å². The summed E-state index contributed by atoms with van der Waals surface area (Å²) in [6, 6.07) is 4.30. The highest BCUT2D eigenvalue weighted by Crippen LogP contribution is 2.13. The van der Waals surface area contributed by atoms with Gasteiger partial charge in [0.05, 0.1) is 10.0 Å². The lowest BCUT2D eigenvalue weighted by Gasteiger charge is -2.08. The number of anilines is 1. The first-order valence-corrected chi connectivity index (χ1v) is 6.61. The van der Waals surface area contributed by atoms with E-state index in [9.17, 15) is 14.0 Å². The molecule has 1 N–H and O–H groups in total. The van der Waals surface area contributed by atoms with Crippen LogP contribution in [0.1, 0.15) is 15.9 Å². The molecule has 0 fully saturated rings. The third-order valence-corrected chi connectivity index (χ3v) is 3.29. The number of carbonyl (C=O) groups excluding carboxylic acids is 1.